The summed E-state index contributed by atoms with van der Waals surface area (Å²) >= 11 is 5.98. The molecule has 0 aliphatic rings. The molecule has 0 atom stereocenters. The van der Waals surface area contributed by atoms with Crippen LogP contribution in [0.25, 0.3) is 0 Å². The fraction of sp³-hybridized carbons (Fsp3) is 0.188. The lowest BCUT2D eigenvalue weighted by molar-refractivity contribution is -0.114. The normalized spacial score (nSPS) is 10.2. The van der Waals surface area contributed by atoms with Gasteiger partial charge >= 0.3 is 0 Å². The van der Waals surface area contributed by atoms with E-state index in [9.17, 15) is 9.18 Å². The third-order valence-electron chi connectivity index (χ3n) is 3.06. The molecule has 0 bridgehead atoms. The first-order valence-corrected chi connectivity index (χ1v) is 7.01. The lowest BCUT2D eigenvalue weighted by atomic mass is 10.2. The molecular formula is C16H16ClFN2O2. The van der Waals surface area contributed by atoms with Crippen molar-refractivity contribution in [2.45, 2.75) is 6.92 Å². The Hall–Kier alpha value is -2.27. The molecule has 2 aromatic carbocycles. The van der Waals surface area contributed by atoms with E-state index in [1.165, 1.54) is 13.2 Å². The fourth-order valence-corrected chi connectivity index (χ4v) is 2.09. The monoisotopic (exact) mass is 322 g/mol. The molecule has 0 radical (unpaired) electrons. The highest BCUT2D eigenvalue weighted by Gasteiger charge is 2.06. The van der Waals surface area contributed by atoms with Gasteiger partial charge in [-0.2, -0.15) is 0 Å². The van der Waals surface area contributed by atoms with Crippen LogP contribution < -0.4 is 15.4 Å². The van der Waals surface area contributed by atoms with Gasteiger partial charge in [0.15, 0.2) is 0 Å². The summed E-state index contributed by atoms with van der Waals surface area (Å²) in [7, 11) is 1.52. The lowest BCUT2D eigenvalue weighted by Crippen LogP contribution is -2.21. The van der Waals surface area contributed by atoms with E-state index in [2.05, 4.69) is 10.6 Å². The number of benzene rings is 2. The van der Waals surface area contributed by atoms with E-state index < -0.39 is 0 Å². The molecule has 0 fully saturated rings. The summed E-state index contributed by atoms with van der Waals surface area (Å²) in [4.78, 5) is 11.9. The van der Waals surface area contributed by atoms with Crippen molar-refractivity contribution in [2.75, 3.05) is 24.3 Å². The van der Waals surface area contributed by atoms with E-state index in [4.69, 9.17) is 16.3 Å². The second kappa shape index (κ2) is 7.13. The average molecular weight is 323 g/mol. The Bertz CT molecular complexity index is 692. The second-order valence-corrected chi connectivity index (χ2v) is 5.12. The minimum absolute atomic E-state index is 0.0200. The molecule has 0 heterocycles. The molecule has 6 heteroatoms. The summed E-state index contributed by atoms with van der Waals surface area (Å²) in [5, 5.41) is 5.97. The number of hydrogen-bond donors (Lipinski definition) is 2. The van der Waals surface area contributed by atoms with Crippen LogP contribution in [-0.4, -0.2) is 19.6 Å². The van der Waals surface area contributed by atoms with Crippen molar-refractivity contribution >= 4 is 28.9 Å². The van der Waals surface area contributed by atoms with Gasteiger partial charge in [0.05, 0.1) is 18.7 Å². The zero-order valence-corrected chi connectivity index (χ0v) is 13.0. The summed E-state index contributed by atoms with van der Waals surface area (Å²) in [6, 6.07) is 9.68. The van der Waals surface area contributed by atoms with Gasteiger partial charge in [-0.25, -0.2) is 4.39 Å². The molecule has 2 aromatic rings. The standard InChI is InChI=1S/C16H16ClFN2O2/c1-10-3-4-11(8-14(10)18)19-9-16(21)20-12-5-6-15(22-2)13(17)7-12/h3-8,19H,9H2,1-2H3,(H,20,21). The van der Waals surface area contributed by atoms with Crippen LogP contribution in [0.5, 0.6) is 5.75 Å². The van der Waals surface area contributed by atoms with Crippen molar-refractivity contribution in [3.05, 3.63) is 52.8 Å². The molecule has 116 valence electrons. The first-order valence-electron chi connectivity index (χ1n) is 6.63. The fourth-order valence-electron chi connectivity index (χ4n) is 1.83. The SMILES string of the molecule is COc1ccc(NC(=O)CNc2ccc(C)c(F)c2)cc1Cl. The number of carbonyl (C=O) groups is 1. The Morgan fingerprint density at radius 3 is 2.59 bits per heavy atom. The number of halogens is 2. The quantitative estimate of drug-likeness (QED) is 0.879. The molecule has 22 heavy (non-hydrogen) atoms. The van der Waals surface area contributed by atoms with Crippen molar-refractivity contribution < 1.29 is 13.9 Å². The Kier molecular flexibility index (Phi) is 5.22. The number of ether oxygens (including phenoxy) is 1. The number of anilines is 2. The molecule has 0 saturated carbocycles. The number of nitrogens with one attached hydrogen (secondary N) is 2. The molecule has 0 unspecified atom stereocenters. The van der Waals surface area contributed by atoms with Crippen LogP contribution >= 0.6 is 11.6 Å². The predicted molar refractivity (Wildman–Crippen MR) is 86.3 cm³/mol. The minimum atomic E-state index is -0.313. The van der Waals surface area contributed by atoms with E-state index in [0.29, 0.717) is 27.7 Å². The summed E-state index contributed by atoms with van der Waals surface area (Å²) in [6.45, 7) is 1.70. The topological polar surface area (TPSA) is 50.4 Å². The van der Waals surface area contributed by atoms with Crippen LogP contribution in [0.2, 0.25) is 5.02 Å². The van der Waals surface area contributed by atoms with Gasteiger partial charge in [-0.3, -0.25) is 4.79 Å². The highest BCUT2D eigenvalue weighted by molar-refractivity contribution is 6.32. The average Bonchev–Trinajstić information content (AvgIpc) is 2.49. The van der Waals surface area contributed by atoms with Gasteiger partial charge in [0.25, 0.3) is 0 Å². The van der Waals surface area contributed by atoms with Gasteiger partial charge in [-0.05, 0) is 42.8 Å². The minimum Gasteiger partial charge on any atom is -0.495 e. The molecule has 2 rings (SSSR count). The molecule has 0 aromatic heterocycles. The molecule has 0 aliphatic heterocycles. The number of aryl methyl sites for hydroxylation is 1. The van der Waals surface area contributed by atoms with E-state index in [1.54, 1.807) is 37.3 Å². The molecule has 0 aliphatic carbocycles. The Morgan fingerprint density at radius 2 is 1.95 bits per heavy atom. The van der Waals surface area contributed by atoms with Crippen LogP contribution in [0.1, 0.15) is 5.56 Å². The third-order valence-corrected chi connectivity index (χ3v) is 3.36. The predicted octanol–water partition coefficient (Wildman–Crippen LogP) is 3.85. The number of methoxy groups -OCH3 is 1. The summed E-state index contributed by atoms with van der Waals surface area (Å²) in [5.74, 6) is -0.0394. The smallest absolute Gasteiger partial charge is 0.243 e. The van der Waals surface area contributed by atoms with Gasteiger partial charge in [0.1, 0.15) is 11.6 Å². The van der Waals surface area contributed by atoms with Crippen LogP contribution in [-0.2, 0) is 4.79 Å². The molecule has 2 N–H and O–H groups in total. The van der Waals surface area contributed by atoms with Gasteiger partial charge in [0, 0.05) is 11.4 Å². The van der Waals surface area contributed by atoms with Gasteiger partial charge in [0.2, 0.25) is 5.91 Å². The Labute approximate surface area is 133 Å². The maximum absolute atomic E-state index is 13.4. The zero-order chi connectivity index (χ0) is 16.1. The molecular weight excluding hydrogens is 307 g/mol. The second-order valence-electron chi connectivity index (χ2n) is 4.72. The third kappa shape index (κ3) is 4.11. The van der Waals surface area contributed by atoms with Crippen molar-refractivity contribution in [1.82, 2.24) is 0 Å². The van der Waals surface area contributed by atoms with Crippen LogP contribution in [0.3, 0.4) is 0 Å². The molecule has 0 spiro atoms. The Balaban J connectivity index is 1.92. The highest BCUT2D eigenvalue weighted by atomic mass is 35.5. The summed E-state index contributed by atoms with van der Waals surface area (Å²) in [6.07, 6.45) is 0. The van der Waals surface area contributed by atoms with E-state index in [1.807, 2.05) is 0 Å². The van der Waals surface area contributed by atoms with Gasteiger partial charge in [-0.15, -0.1) is 0 Å². The molecule has 0 saturated heterocycles. The number of carbonyl (C=O) groups excluding carboxylic acids is 1. The van der Waals surface area contributed by atoms with Crippen LogP contribution in [0.4, 0.5) is 15.8 Å². The summed E-state index contributed by atoms with van der Waals surface area (Å²) in [5.41, 5.74) is 1.67. The van der Waals surface area contributed by atoms with E-state index in [0.717, 1.165) is 0 Å². The number of amides is 1. The lowest BCUT2D eigenvalue weighted by Gasteiger charge is -2.10. The van der Waals surface area contributed by atoms with Crippen molar-refractivity contribution in [3.63, 3.8) is 0 Å². The highest BCUT2D eigenvalue weighted by Crippen LogP contribution is 2.27. The Morgan fingerprint density at radius 1 is 1.23 bits per heavy atom. The van der Waals surface area contributed by atoms with Gasteiger partial charge < -0.3 is 15.4 Å². The van der Waals surface area contributed by atoms with E-state index >= 15 is 0 Å². The largest absolute Gasteiger partial charge is 0.495 e. The zero-order valence-electron chi connectivity index (χ0n) is 12.2. The number of hydrogen-bond acceptors (Lipinski definition) is 3. The number of rotatable bonds is 5. The van der Waals surface area contributed by atoms with E-state index in [-0.39, 0.29) is 18.3 Å². The first-order chi connectivity index (χ1) is 10.5. The summed E-state index contributed by atoms with van der Waals surface area (Å²) < 4.78 is 18.4. The maximum atomic E-state index is 13.4. The van der Waals surface area contributed by atoms with Crippen molar-refractivity contribution in [1.29, 1.82) is 0 Å². The molecule has 1 amide bonds. The van der Waals surface area contributed by atoms with Crippen molar-refractivity contribution in [2.24, 2.45) is 0 Å². The van der Waals surface area contributed by atoms with Gasteiger partial charge in [-0.1, -0.05) is 17.7 Å². The maximum Gasteiger partial charge on any atom is 0.243 e. The molecule has 4 nitrogen and oxygen atoms in total. The van der Waals surface area contributed by atoms with Crippen LogP contribution in [0, 0.1) is 12.7 Å². The first kappa shape index (κ1) is 16.1. The van der Waals surface area contributed by atoms with Crippen molar-refractivity contribution in [3.8, 4) is 5.75 Å². The van der Waals surface area contributed by atoms with Crippen LogP contribution in [0.15, 0.2) is 36.4 Å².